The summed E-state index contributed by atoms with van der Waals surface area (Å²) in [4.78, 5) is 26.8. The van der Waals surface area contributed by atoms with Gasteiger partial charge in [0.1, 0.15) is 6.54 Å². The van der Waals surface area contributed by atoms with Crippen molar-refractivity contribution in [2.24, 2.45) is 5.92 Å². The molecule has 27 heavy (non-hydrogen) atoms. The molecule has 2 saturated heterocycles. The fourth-order valence-electron chi connectivity index (χ4n) is 3.30. The highest BCUT2D eigenvalue weighted by molar-refractivity contribution is 5.89. The monoisotopic (exact) mass is 385 g/mol. The van der Waals surface area contributed by atoms with Crippen LogP contribution in [0.2, 0.25) is 0 Å². The van der Waals surface area contributed by atoms with Gasteiger partial charge in [0.25, 0.3) is 0 Å². The Morgan fingerprint density at radius 2 is 1.85 bits per heavy atom. The van der Waals surface area contributed by atoms with E-state index in [-0.39, 0.29) is 19.5 Å². The van der Waals surface area contributed by atoms with Gasteiger partial charge in [0.05, 0.1) is 19.1 Å². The summed E-state index contributed by atoms with van der Waals surface area (Å²) in [6, 6.07) is 7.75. The van der Waals surface area contributed by atoms with Crippen LogP contribution in [0.5, 0.6) is 0 Å². The number of anilines is 1. The Morgan fingerprint density at radius 1 is 1.19 bits per heavy atom. The molecule has 0 spiro atoms. The van der Waals surface area contributed by atoms with Crippen LogP contribution in [0.1, 0.15) is 12.0 Å². The third kappa shape index (κ3) is 5.35. The molecule has 1 aromatic rings. The van der Waals surface area contributed by atoms with Crippen molar-refractivity contribution < 1.29 is 27.5 Å². The maximum Gasteiger partial charge on any atom is 0.406 e. The molecule has 1 aromatic carbocycles. The highest BCUT2D eigenvalue weighted by Gasteiger charge is 2.40. The molecule has 0 bridgehead atoms. The second kappa shape index (κ2) is 8.16. The predicted octanol–water partition coefficient (Wildman–Crippen LogP) is 1.55. The molecule has 2 aliphatic rings. The molecular weight excluding hydrogens is 363 g/mol. The number of hydrogen-bond acceptors (Lipinski definition) is 4. The highest BCUT2D eigenvalue weighted by atomic mass is 19.4. The van der Waals surface area contributed by atoms with E-state index in [1.807, 2.05) is 24.3 Å². The summed E-state index contributed by atoms with van der Waals surface area (Å²) in [5.41, 5.74) is 1.97. The Kier molecular flexibility index (Phi) is 5.88. The number of nitrogens with zero attached hydrogens (tertiary/aromatic N) is 2. The number of hydrogen-bond donors (Lipinski definition) is 1. The molecule has 0 radical (unpaired) electrons. The lowest BCUT2D eigenvalue weighted by molar-refractivity contribution is -0.157. The summed E-state index contributed by atoms with van der Waals surface area (Å²) < 4.78 is 42.6. The lowest BCUT2D eigenvalue weighted by atomic mass is 10.1. The number of nitrogens with one attached hydrogen (secondary N) is 1. The van der Waals surface area contributed by atoms with Crippen LogP contribution >= 0.6 is 0 Å². The zero-order valence-electron chi connectivity index (χ0n) is 14.8. The minimum atomic E-state index is -4.46. The van der Waals surface area contributed by atoms with Crippen molar-refractivity contribution in [3.8, 4) is 0 Å². The van der Waals surface area contributed by atoms with E-state index >= 15 is 0 Å². The van der Waals surface area contributed by atoms with Crippen molar-refractivity contribution in [2.45, 2.75) is 19.1 Å². The van der Waals surface area contributed by atoms with Crippen LogP contribution in [0, 0.1) is 5.92 Å². The average Bonchev–Trinajstić information content (AvgIpc) is 3.00. The molecule has 9 heteroatoms. The van der Waals surface area contributed by atoms with Gasteiger partial charge >= 0.3 is 6.18 Å². The second-order valence-corrected chi connectivity index (χ2v) is 6.77. The number of rotatable bonds is 5. The van der Waals surface area contributed by atoms with Crippen molar-refractivity contribution in [2.75, 3.05) is 44.3 Å². The first-order chi connectivity index (χ1) is 12.8. The normalized spacial score (nSPS) is 20.9. The van der Waals surface area contributed by atoms with Crippen molar-refractivity contribution in [3.05, 3.63) is 29.8 Å². The number of ether oxygens (including phenoxy) is 1. The maximum absolute atomic E-state index is 12.4. The Hall–Kier alpha value is -2.29. The lowest BCUT2D eigenvalue weighted by Crippen LogP contribution is -2.37. The standard InChI is InChI=1S/C18H22F3N3O3/c19-18(20,21)12-24-11-14(9-16(24)25)17(26)22-10-13-1-3-15(4-2-13)23-5-7-27-8-6-23/h1-4,14H,5-12H2,(H,22,26). The molecular formula is C18H22F3N3O3. The molecule has 2 amide bonds. The molecule has 1 N–H and O–H groups in total. The quantitative estimate of drug-likeness (QED) is 0.836. The van der Waals surface area contributed by atoms with E-state index in [1.54, 1.807) is 0 Å². The van der Waals surface area contributed by atoms with Crippen molar-refractivity contribution in [3.63, 3.8) is 0 Å². The van der Waals surface area contributed by atoms with Crippen LogP contribution in [-0.2, 0) is 20.9 Å². The van der Waals surface area contributed by atoms with E-state index in [9.17, 15) is 22.8 Å². The molecule has 148 valence electrons. The van der Waals surface area contributed by atoms with Crippen LogP contribution < -0.4 is 10.2 Å². The SMILES string of the molecule is O=C(NCc1ccc(N2CCOCC2)cc1)C1CC(=O)N(CC(F)(F)F)C1. The molecule has 1 unspecified atom stereocenters. The summed E-state index contributed by atoms with van der Waals surface area (Å²) >= 11 is 0. The van der Waals surface area contributed by atoms with Crippen LogP contribution in [-0.4, -0.2) is 62.3 Å². The first-order valence-electron chi connectivity index (χ1n) is 8.86. The van der Waals surface area contributed by atoms with E-state index in [0.29, 0.717) is 18.1 Å². The third-order valence-corrected chi connectivity index (χ3v) is 4.73. The van der Waals surface area contributed by atoms with Gasteiger partial charge in [-0.2, -0.15) is 13.2 Å². The van der Waals surface area contributed by atoms with Crippen LogP contribution in [0.4, 0.5) is 18.9 Å². The van der Waals surface area contributed by atoms with Gasteiger partial charge in [-0.15, -0.1) is 0 Å². The molecule has 0 aliphatic carbocycles. The number of likely N-dealkylation sites (tertiary alicyclic amines) is 1. The van der Waals surface area contributed by atoms with Crippen molar-refractivity contribution in [1.82, 2.24) is 10.2 Å². The van der Waals surface area contributed by atoms with E-state index in [1.165, 1.54) is 0 Å². The Morgan fingerprint density at radius 3 is 2.48 bits per heavy atom. The fourth-order valence-corrected chi connectivity index (χ4v) is 3.30. The summed E-state index contributed by atoms with van der Waals surface area (Å²) in [5, 5.41) is 2.71. The van der Waals surface area contributed by atoms with Crippen LogP contribution in [0.25, 0.3) is 0 Å². The molecule has 2 heterocycles. The predicted molar refractivity (Wildman–Crippen MR) is 92.1 cm³/mol. The average molecular weight is 385 g/mol. The smallest absolute Gasteiger partial charge is 0.378 e. The summed E-state index contributed by atoms with van der Waals surface area (Å²) in [5.74, 6) is -1.78. The molecule has 0 aromatic heterocycles. The van der Waals surface area contributed by atoms with Gasteiger partial charge in [-0.25, -0.2) is 0 Å². The lowest BCUT2D eigenvalue weighted by Gasteiger charge is -2.28. The highest BCUT2D eigenvalue weighted by Crippen LogP contribution is 2.24. The minimum absolute atomic E-state index is 0.183. The van der Waals surface area contributed by atoms with Crippen molar-refractivity contribution in [1.29, 1.82) is 0 Å². The van der Waals surface area contributed by atoms with Crippen LogP contribution in [0.15, 0.2) is 24.3 Å². The molecule has 6 nitrogen and oxygen atoms in total. The van der Waals surface area contributed by atoms with Gasteiger partial charge in [-0.05, 0) is 17.7 Å². The number of carbonyl (C=O) groups excluding carboxylic acids is 2. The zero-order chi connectivity index (χ0) is 19.4. The minimum Gasteiger partial charge on any atom is -0.378 e. The molecule has 2 fully saturated rings. The number of alkyl halides is 3. The number of carbonyl (C=O) groups is 2. The Balaban J connectivity index is 1.48. The first-order valence-corrected chi connectivity index (χ1v) is 8.86. The second-order valence-electron chi connectivity index (χ2n) is 6.77. The number of benzene rings is 1. The Labute approximate surface area is 155 Å². The van der Waals surface area contributed by atoms with E-state index < -0.39 is 30.5 Å². The number of amides is 2. The largest absolute Gasteiger partial charge is 0.406 e. The summed E-state index contributed by atoms with van der Waals surface area (Å²) in [7, 11) is 0. The van der Waals surface area contributed by atoms with Gasteiger partial charge in [-0.1, -0.05) is 12.1 Å². The van der Waals surface area contributed by atoms with Gasteiger partial charge in [0.15, 0.2) is 0 Å². The van der Waals surface area contributed by atoms with Gasteiger partial charge in [0, 0.05) is 38.3 Å². The maximum atomic E-state index is 12.4. The van der Waals surface area contributed by atoms with E-state index in [2.05, 4.69) is 10.2 Å². The van der Waals surface area contributed by atoms with Gasteiger partial charge in [-0.3, -0.25) is 9.59 Å². The summed E-state index contributed by atoms with van der Waals surface area (Å²) in [6.07, 6.45) is -4.64. The molecule has 2 aliphatic heterocycles. The zero-order valence-corrected chi connectivity index (χ0v) is 14.8. The molecule has 1 atom stereocenters. The topological polar surface area (TPSA) is 61.9 Å². The summed E-state index contributed by atoms with van der Waals surface area (Å²) in [6.45, 7) is 1.83. The van der Waals surface area contributed by atoms with Crippen molar-refractivity contribution >= 4 is 17.5 Å². The molecule has 0 saturated carbocycles. The van der Waals surface area contributed by atoms with E-state index in [0.717, 1.165) is 24.3 Å². The van der Waals surface area contributed by atoms with Gasteiger partial charge < -0.3 is 19.9 Å². The first kappa shape index (κ1) is 19.5. The number of morpholine rings is 1. The third-order valence-electron chi connectivity index (χ3n) is 4.73. The van der Waals surface area contributed by atoms with E-state index in [4.69, 9.17) is 4.74 Å². The number of halogens is 3. The fraction of sp³-hybridized carbons (Fsp3) is 0.556. The van der Waals surface area contributed by atoms with Crippen LogP contribution in [0.3, 0.4) is 0 Å². The molecule has 3 rings (SSSR count). The van der Waals surface area contributed by atoms with Gasteiger partial charge in [0.2, 0.25) is 11.8 Å². The Bertz CT molecular complexity index is 673.